The standard InChI is InChI=1S/C19H24N2O3/c1-13-17(10-15-6-7-16(23-2)11-18(15)21-13)19(22)20-8-3-9-24-12-14-4-5-14/h6-7,10-11,14H,3-5,8-9,12H2,1-2H3,(H,20,22). The largest absolute Gasteiger partial charge is 0.497 e. The third-order valence-electron chi connectivity index (χ3n) is 4.26. The third-order valence-corrected chi connectivity index (χ3v) is 4.26. The molecule has 0 spiro atoms. The molecule has 0 radical (unpaired) electrons. The zero-order chi connectivity index (χ0) is 16.9. The maximum atomic E-state index is 12.4. The van der Waals surface area contributed by atoms with Gasteiger partial charge in [-0.25, -0.2) is 0 Å². The summed E-state index contributed by atoms with van der Waals surface area (Å²) in [7, 11) is 1.63. The summed E-state index contributed by atoms with van der Waals surface area (Å²) in [6.07, 6.45) is 3.43. The van der Waals surface area contributed by atoms with Gasteiger partial charge in [0, 0.05) is 31.2 Å². The van der Waals surface area contributed by atoms with Crippen LogP contribution in [0.3, 0.4) is 0 Å². The fourth-order valence-corrected chi connectivity index (χ4v) is 2.61. The molecule has 1 saturated carbocycles. The number of ether oxygens (including phenoxy) is 2. The van der Waals surface area contributed by atoms with Crippen LogP contribution in [0.5, 0.6) is 5.75 Å². The van der Waals surface area contributed by atoms with Crippen molar-refractivity contribution in [2.24, 2.45) is 5.92 Å². The van der Waals surface area contributed by atoms with Crippen molar-refractivity contribution in [2.45, 2.75) is 26.2 Å². The molecule has 128 valence electrons. The summed E-state index contributed by atoms with van der Waals surface area (Å²) in [6.45, 7) is 4.03. The van der Waals surface area contributed by atoms with E-state index in [0.717, 1.165) is 41.3 Å². The number of methoxy groups -OCH3 is 1. The molecule has 1 aromatic carbocycles. The van der Waals surface area contributed by atoms with Crippen LogP contribution >= 0.6 is 0 Å². The Bertz CT molecular complexity index is 726. The topological polar surface area (TPSA) is 60.5 Å². The number of rotatable bonds is 8. The Morgan fingerprint density at radius 2 is 2.17 bits per heavy atom. The minimum absolute atomic E-state index is 0.0834. The molecule has 1 aromatic heterocycles. The number of aryl methyl sites for hydroxylation is 1. The molecule has 2 aromatic rings. The van der Waals surface area contributed by atoms with Gasteiger partial charge in [-0.05, 0) is 50.3 Å². The van der Waals surface area contributed by atoms with E-state index in [4.69, 9.17) is 9.47 Å². The van der Waals surface area contributed by atoms with Crippen LogP contribution < -0.4 is 10.1 Å². The van der Waals surface area contributed by atoms with Gasteiger partial charge in [-0.15, -0.1) is 0 Å². The summed E-state index contributed by atoms with van der Waals surface area (Å²) >= 11 is 0. The van der Waals surface area contributed by atoms with E-state index >= 15 is 0 Å². The Balaban J connectivity index is 1.56. The van der Waals surface area contributed by atoms with Crippen LogP contribution in [-0.2, 0) is 4.74 Å². The summed E-state index contributed by atoms with van der Waals surface area (Å²) in [6, 6.07) is 7.55. The number of pyridine rings is 1. The van der Waals surface area contributed by atoms with Crippen LogP contribution in [-0.4, -0.2) is 37.8 Å². The zero-order valence-corrected chi connectivity index (χ0v) is 14.3. The van der Waals surface area contributed by atoms with E-state index in [1.54, 1.807) is 7.11 Å². The van der Waals surface area contributed by atoms with Gasteiger partial charge < -0.3 is 14.8 Å². The molecule has 5 heteroatoms. The molecule has 0 aliphatic heterocycles. The fourth-order valence-electron chi connectivity index (χ4n) is 2.61. The lowest BCUT2D eigenvalue weighted by Crippen LogP contribution is -2.26. The van der Waals surface area contributed by atoms with Crippen LogP contribution in [0.15, 0.2) is 24.3 Å². The molecule has 0 atom stereocenters. The summed E-state index contributed by atoms with van der Waals surface area (Å²) < 4.78 is 10.8. The maximum Gasteiger partial charge on any atom is 0.253 e. The number of carbonyl (C=O) groups excluding carboxylic acids is 1. The van der Waals surface area contributed by atoms with E-state index in [-0.39, 0.29) is 5.91 Å². The van der Waals surface area contributed by atoms with Gasteiger partial charge in [0.25, 0.3) is 5.91 Å². The number of aromatic nitrogens is 1. The Kier molecular flexibility index (Phi) is 5.30. The van der Waals surface area contributed by atoms with Crippen LogP contribution in [0, 0.1) is 12.8 Å². The maximum absolute atomic E-state index is 12.4. The monoisotopic (exact) mass is 328 g/mol. The molecular formula is C19H24N2O3. The predicted octanol–water partition coefficient (Wildman–Crippen LogP) is 3.10. The molecule has 0 saturated heterocycles. The second kappa shape index (κ2) is 7.62. The summed E-state index contributed by atoms with van der Waals surface area (Å²) in [5.74, 6) is 1.46. The van der Waals surface area contributed by atoms with E-state index in [2.05, 4.69) is 10.3 Å². The lowest BCUT2D eigenvalue weighted by molar-refractivity contribution is 0.0936. The molecule has 1 aliphatic carbocycles. The van der Waals surface area contributed by atoms with E-state index in [1.165, 1.54) is 12.8 Å². The first-order chi connectivity index (χ1) is 11.7. The van der Waals surface area contributed by atoms with E-state index in [1.807, 2.05) is 31.2 Å². The quantitative estimate of drug-likeness (QED) is 0.757. The smallest absolute Gasteiger partial charge is 0.253 e. The molecule has 0 bridgehead atoms. The van der Waals surface area contributed by atoms with Crippen LogP contribution in [0.25, 0.3) is 10.9 Å². The van der Waals surface area contributed by atoms with Crippen molar-refractivity contribution in [3.63, 3.8) is 0 Å². The number of nitrogens with one attached hydrogen (secondary N) is 1. The van der Waals surface area contributed by atoms with Gasteiger partial charge in [0.1, 0.15) is 5.75 Å². The lowest BCUT2D eigenvalue weighted by Gasteiger charge is -2.10. The Morgan fingerprint density at radius 3 is 2.92 bits per heavy atom. The first-order valence-electron chi connectivity index (χ1n) is 8.48. The Hall–Kier alpha value is -2.14. The van der Waals surface area contributed by atoms with Crippen LogP contribution in [0.1, 0.15) is 35.3 Å². The number of benzene rings is 1. The van der Waals surface area contributed by atoms with Gasteiger partial charge in [0.05, 0.1) is 23.9 Å². The molecular weight excluding hydrogens is 304 g/mol. The van der Waals surface area contributed by atoms with Crippen LogP contribution in [0.2, 0.25) is 0 Å². The van der Waals surface area contributed by atoms with E-state index in [0.29, 0.717) is 18.7 Å². The van der Waals surface area contributed by atoms with Crippen molar-refractivity contribution in [1.82, 2.24) is 10.3 Å². The predicted molar refractivity (Wildman–Crippen MR) is 93.5 cm³/mol. The number of amides is 1. The van der Waals surface area contributed by atoms with E-state index in [9.17, 15) is 4.79 Å². The van der Waals surface area contributed by atoms with Crippen molar-refractivity contribution in [2.75, 3.05) is 26.9 Å². The first kappa shape index (κ1) is 16.7. The summed E-state index contributed by atoms with van der Waals surface area (Å²) in [5, 5.41) is 3.88. The minimum Gasteiger partial charge on any atom is -0.497 e. The Labute approximate surface area is 142 Å². The Morgan fingerprint density at radius 1 is 1.33 bits per heavy atom. The second-order valence-corrected chi connectivity index (χ2v) is 6.31. The molecule has 0 unspecified atom stereocenters. The molecule has 3 rings (SSSR count). The number of fused-ring (bicyclic) bond motifs is 1. The molecule has 1 fully saturated rings. The molecule has 1 amide bonds. The SMILES string of the molecule is COc1ccc2cc(C(=O)NCCCOCC3CC3)c(C)nc2c1. The lowest BCUT2D eigenvalue weighted by atomic mass is 10.1. The number of hydrogen-bond donors (Lipinski definition) is 1. The van der Waals surface area contributed by atoms with Crippen molar-refractivity contribution in [3.8, 4) is 5.75 Å². The van der Waals surface area contributed by atoms with Crippen molar-refractivity contribution < 1.29 is 14.3 Å². The van der Waals surface area contributed by atoms with Gasteiger partial charge in [-0.1, -0.05) is 0 Å². The molecule has 1 heterocycles. The number of nitrogens with zero attached hydrogens (tertiary/aromatic N) is 1. The highest BCUT2D eigenvalue weighted by molar-refractivity contribution is 5.98. The summed E-state index contributed by atoms with van der Waals surface area (Å²) in [4.78, 5) is 16.9. The minimum atomic E-state index is -0.0834. The number of carbonyl (C=O) groups is 1. The number of hydrogen-bond acceptors (Lipinski definition) is 4. The third kappa shape index (κ3) is 4.23. The van der Waals surface area contributed by atoms with E-state index < -0.39 is 0 Å². The van der Waals surface area contributed by atoms with Gasteiger partial charge in [0.15, 0.2) is 0 Å². The van der Waals surface area contributed by atoms with Crippen molar-refractivity contribution >= 4 is 16.8 Å². The molecule has 5 nitrogen and oxygen atoms in total. The summed E-state index contributed by atoms with van der Waals surface area (Å²) in [5.41, 5.74) is 2.17. The highest BCUT2D eigenvalue weighted by Gasteiger charge is 2.20. The van der Waals surface area contributed by atoms with Crippen molar-refractivity contribution in [3.05, 3.63) is 35.5 Å². The zero-order valence-electron chi connectivity index (χ0n) is 14.3. The average Bonchev–Trinajstić information content (AvgIpc) is 3.40. The normalized spacial score (nSPS) is 13.9. The van der Waals surface area contributed by atoms with Crippen LogP contribution in [0.4, 0.5) is 0 Å². The van der Waals surface area contributed by atoms with Gasteiger partial charge in [-0.3, -0.25) is 9.78 Å². The first-order valence-corrected chi connectivity index (χ1v) is 8.48. The fraction of sp³-hybridized carbons (Fsp3) is 0.474. The van der Waals surface area contributed by atoms with Gasteiger partial charge in [-0.2, -0.15) is 0 Å². The molecule has 1 aliphatic rings. The highest BCUT2D eigenvalue weighted by Crippen LogP contribution is 2.28. The average molecular weight is 328 g/mol. The highest BCUT2D eigenvalue weighted by atomic mass is 16.5. The molecule has 24 heavy (non-hydrogen) atoms. The van der Waals surface area contributed by atoms with Gasteiger partial charge in [0.2, 0.25) is 0 Å². The molecule has 1 N–H and O–H groups in total. The van der Waals surface area contributed by atoms with Gasteiger partial charge >= 0.3 is 0 Å². The second-order valence-electron chi connectivity index (χ2n) is 6.31. The van der Waals surface area contributed by atoms with Crippen molar-refractivity contribution in [1.29, 1.82) is 0 Å².